The molecule has 0 aliphatic heterocycles. The Morgan fingerprint density at radius 2 is 1.78 bits per heavy atom. The van der Waals surface area contributed by atoms with Crippen molar-refractivity contribution in [3.63, 3.8) is 0 Å². The second-order valence-electron chi connectivity index (χ2n) is 8.59. The zero-order valence-corrected chi connectivity index (χ0v) is 20.8. The quantitative estimate of drug-likeness (QED) is 0.149. The van der Waals surface area contributed by atoms with Crippen LogP contribution in [0.5, 0.6) is 0 Å². The van der Waals surface area contributed by atoms with Gasteiger partial charge in [0.15, 0.2) is 0 Å². The molecule has 0 saturated carbocycles. The Morgan fingerprint density at radius 3 is 2.41 bits per heavy atom. The summed E-state index contributed by atoms with van der Waals surface area (Å²) in [6.45, 7) is 5.06. The first kappa shape index (κ1) is 30.4. The number of aliphatic hydroxyl groups is 2. The van der Waals surface area contributed by atoms with Crippen molar-refractivity contribution in [2.75, 3.05) is 25.4 Å². The third kappa shape index (κ3) is 13.1. The van der Waals surface area contributed by atoms with Crippen molar-refractivity contribution < 1.29 is 24.6 Å². The molecule has 0 bridgehead atoms. The molecule has 1 atom stereocenters. The van der Waals surface area contributed by atoms with Gasteiger partial charge in [-0.05, 0) is 25.0 Å². The molecule has 0 aliphatic carbocycles. The first-order valence-electron chi connectivity index (χ1n) is 11.6. The lowest BCUT2D eigenvalue weighted by Crippen LogP contribution is -2.50. The van der Waals surface area contributed by atoms with Crippen molar-refractivity contribution in [1.82, 2.24) is 10.2 Å². The van der Waals surface area contributed by atoms with Crippen LogP contribution in [0.2, 0.25) is 0 Å². The summed E-state index contributed by atoms with van der Waals surface area (Å²) >= 11 is 4.02. The van der Waals surface area contributed by atoms with Gasteiger partial charge in [-0.3, -0.25) is 19.3 Å². The van der Waals surface area contributed by atoms with Gasteiger partial charge in [0.1, 0.15) is 6.10 Å². The van der Waals surface area contributed by atoms with E-state index in [1.165, 1.54) is 46.0 Å². The van der Waals surface area contributed by atoms with E-state index >= 15 is 0 Å². The normalized spacial score (nSPS) is 11.9. The molecule has 0 aromatic rings. The van der Waals surface area contributed by atoms with E-state index in [2.05, 4.69) is 30.6 Å². The highest BCUT2D eigenvalue weighted by Crippen LogP contribution is 2.22. The summed E-state index contributed by atoms with van der Waals surface area (Å²) in [6.07, 6.45) is 9.86. The Kier molecular flexibility index (Phi) is 17.0. The fraction of sp³-hybridized carbons (Fsp3) is 0.750. The number of imide groups is 1. The number of carbonyl (C=O) groups excluding carboxylic acids is 3. The minimum Gasteiger partial charge on any atom is -0.396 e. The molecule has 32 heavy (non-hydrogen) atoms. The Labute approximate surface area is 198 Å². The first-order valence-corrected chi connectivity index (χ1v) is 12.2. The maximum atomic E-state index is 12.8. The molecule has 0 aromatic carbocycles. The van der Waals surface area contributed by atoms with E-state index in [0.29, 0.717) is 12.3 Å². The summed E-state index contributed by atoms with van der Waals surface area (Å²) in [6, 6.07) is 0. The zero-order chi connectivity index (χ0) is 24.4. The minimum absolute atomic E-state index is 0.0662. The number of hydrogen-bond donors (Lipinski definition) is 4. The number of nitrogens with zero attached hydrogens (tertiary/aromatic N) is 1. The van der Waals surface area contributed by atoms with Crippen LogP contribution >= 0.6 is 12.6 Å². The van der Waals surface area contributed by atoms with Gasteiger partial charge in [-0.15, -0.1) is 5.73 Å². The Morgan fingerprint density at radius 1 is 1.12 bits per heavy atom. The third-order valence-electron chi connectivity index (χ3n) is 5.16. The summed E-state index contributed by atoms with van der Waals surface area (Å²) in [5.74, 6) is -1.17. The number of hydrogen-bond acceptors (Lipinski definition) is 6. The topological polar surface area (TPSA) is 107 Å². The zero-order valence-electron chi connectivity index (χ0n) is 19.9. The van der Waals surface area contributed by atoms with Crippen LogP contribution in [-0.4, -0.2) is 64.4 Å². The van der Waals surface area contributed by atoms with Gasteiger partial charge in [-0.2, -0.15) is 12.6 Å². The third-order valence-corrected chi connectivity index (χ3v) is 5.38. The monoisotopic (exact) mass is 470 g/mol. The smallest absolute Gasteiger partial charge is 0.258 e. The van der Waals surface area contributed by atoms with Crippen LogP contribution in [0.25, 0.3) is 0 Å². The number of unbranched alkanes of at least 4 members (excludes halogenated alkanes) is 6. The highest BCUT2D eigenvalue weighted by Gasteiger charge is 2.37. The lowest BCUT2D eigenvalue weighted by atomic mass is 9.86. The Hall–Kier alpha value is -1.60. The molecule has 0 heterocycles. The molecule has 0 fully saturated rings. The molecule has 184 valence electrons. The van der Waals surface area contributed by atoms with Gasteiger partial charge in [0.2, 0.25) is 11.8 Å². The van der Waals surface area contributed by atoms with Gasteiger partial charge in [-0.25, -0.2) is 0 Å². The lowest BCUT2D eigenvalue weighted by Gasteiger charge is -2.31. The standard InChI is InChI=1S/C24H42N2O5S/c1-4-5-6-7-8-9-10-11-12-13-14-21(29)26(17-15-20(28)25-16-18-32)23(31)22(30)24(2,3)19-27/h11,13,22,27,30,32H,4-10,14-19H2,1-3H3,(H,25,28)/t12?,22-/m1/s1. The highest BCUT2D eigenvalue weighted by molar-refractivity contribution is 7.80. The predicted octanol–water partition coefficient (Wildman–Crippen LogP) is 3.01. The number of amides is 3. The maximum Gasteiger partial charge on any atom is 0.258 e. The molecule has 3 amide bonds. The van der Waals surface area contributed by atoms with Crippen molar-refractivity contribution in [3.05, 3.63) is 17.9 Å². The average Bonchev–Trinajstić information content (AvgIpc) is 2.78. The van der Waals surface area contributed by atoms with Gasteiger partial charge in [0.25, 0.3) is 5.91 Å². The average molecular weight is 471 g/mol. The number of carbonyl (C=O) groups is 3. The van der Waals surface area contributed by atoms with Gasteiger partial charge < -0.3 is 15.5 Å². The molecule has 0 unspecified atom stereocenters. The molecule has 8 heteroatoms. The van der Waals surface area contributed by atoms with Crippen molar-refractivity contribution in [3.8, 4) is 0 Å². The first-order chi connectivity index (χ1) is 15.2. The lowest BCUT2D eigenvalue weighted by molar-refractivity contribution is -0.156. The summed E-state index contributed by atoms with van der Waals surface area (Å²) in [5.41, 5.74) is 1.86. The van der Waals surface area contributed by atoms with Crippen molar-refractivity contribution in [1.29, 1.82) is 0 Å². The molecule has 0 aromatic heterocycles. The molecule has 0 spiro atoms. The molecule has 0 radical (unpaired) electrons. The van der Waals surface area contributed by atoms with Crippen LogP contribution in [0, 0.1) is 5.41 Å². The van der Waals surface area contributed by atoms with Crippen LogP contribution in [0.4, 0.5) is 0 Å². The van der Waals surface area contributed by atoms with Gasteiger partial charge >= 0.3 is 0 Å². The maximum absolute atomic E-state index is 12.8. The molecule has 3 N–H and O–H groups in total. The SMILES string of the molecule is CCCCCCCCC=C=CCC(=O)N(CCC(=O)NCCS)C(=O)[C@@H](O)C(C)(C)CO. The molecular weight excluding hydrogens is 428 g/mol. The number of thiol groups is 1. The van der Waals surface area contributed by atoms with E-state index in [4.69, 9.17) is 0 Å². The summed E-state index contributed by atoms with van der Waals surface area (Å²) in [7, 11) is 0. The van der Waals surface area contributed by atoms with Gasteiger partial charge in [0.05, 0.1) is 13.0 Å². The summed E-state index contributed by atoms with van der Waals surface area (Å²) in [5, 5.41) is 22.4. The predicted molar refractivity (Wildman–Crippen MR) is 130 cm³/mol. The minimum atomic E-state index is -1.57. The van der Waals surface area contributed by atoms with Crippen LogP contribution < -0.4 is 5.32 Å². The van der Waals surface area contributed by atoms with E-state index < -0.39 is 29.9 Å². The molecule has 0 aliphatic rings. The number of nitrogens with one attached hydrogen (secondary N) is 1. The summed E-state index contributed by atoms with van der Waals surface area (Å²) < 4.78 is 0. The second kappa shape index (κ2) is 17.9. The fourth-order valence-electron chi connectivity index (χ4n) is 2.87. The van der Waals surface area contributed by atoms with Gasteiger partial charge in [0, 0.05) is 30.7 Å². The fourth-order valence-corrected chi connectivity index (χ4v) is 2.98. The van der Waals surface area contributed by atoms with Crippen LogP contribution in [0.3, 0.4) is 0 Å². The van der Waals surface area contributed by atoms with Crippen LogP contribution in [0.15, 0.2) is 17.9 Å². The summed E-state index contributed by atoms with van der Waals surface area (Å²) in [4.78, 5) is 38.2. The van der Waals surface area contributed by atoms with Crippen molar-refractivity contribution in [2.24, 2.45) is 5.41 Å². The molecule has 0 saturated heterocycles. The van der Waals surface area contributed by atoms with E-state index in [1.807, 2.05) is 6.08 Å². The molecule has 7 nitrogen and oxygen atoms in total. The Balaban J connectivity index is 4.90. The number of rotatable bonds is 17. The van der Waals surface area contributed by atoms with Crippen LogP contribution in [0.1, 0.15) is 78.6 Å². The van der Waals surface area contributed by atoms with Crippen molar-refractivity contribution in [2.45, 2.75) is 84.7 Å². The molecular formula is C24H42N2O5S. The largest absolute Gasteiger partial charge is 0.396 e. The Bertz CT molecular complexity index is 630. The van der Waals surface area contributed by atoms with E-state index in [9.17, 15) is 24.6 Å². The van der Waals surface area contributed by atoms with Crippen LogP contribution in [-0.2, 0) is 14.4 Å². The van der Waals surface area contributed by atoms with E-state index in [0.717, 1.165) is 17.7 Å². The highest BCUT2D eigenvalue weighted by atomic mass is 32.1. The van der Waals surface area contributed by atoms with Crippen molar-refractivity contribution >= 4 is 30.4 Å². The van der Waals surface area contributed by atoms with E-state index in [-0.39, 0.29) is 25.3 Å². The second-order valence-corrected chi connectivity index (χ2v) is 9.04. The number of aliphatic hydroxyl groups excluding tert-OH is 2. The molecule has 0 rings (SSSR count). The van der Waals surface area contributed by atoms with E-state index in [1.54, 1.807) is 6.08 Å². The van der Waals surface area contributed by atoms with Gasteiger partial charge in [-0.1, -0.05) is 52.9 Å².